The fourth-order valence-corrected chi connectivity index (χ4v) is 3.25. The van der Waals surface area contributed by atoms with Crippen LogP contribution in [0.2, 0.25) is 5.02 Å². The maximum absolute atomic E-state index is 10.2. The molecule has 0 aliphatic carbocycles. The Bertz CT molecular complexity index is 681. The zero-order chi connectivity index (χ0) is 17.5. The van der Waals surface area contributed by atoms with Crippen molar-refractivity contribution in [2.75, 3.05) is 27.3 Å². The van der Waals surface area contributed by atoms with Crippen LogP contribution >= 0.6 is 27.5 Å². The van der Waals surface area contributed by atoms with Crippen LogP contribution in [0.3, 0.4) is 0 Å². The minimum atomic E-state index is -0.497. The molecule has 0 fully saturated rings. The number of rotatable bonds is 8. The number of hydrogen-bond acceptors (Lipinski definition) is 3. The predicted molar refractivity (Wildman–Crippen MR) is 99.0 cm³/mol. The molecule has 24 heavy (non-hydrogen) atoms. The van der Waals surface area contributed by atoms with Gasteiger partial charge in [-0.25, -0.2) is 0 Å². The maximum atomic E-state index is 10.2. The van der Waals surface area contributed by atoms with E-state index in [0.29, 0.717) is 23.1 Å². The van der Waals surface area contributed by atoms with Crippen LogP contribution < -0.4 is 14.8 Å². The number of methoxy groups -OCH3 is 2. The van der Waals surface area contributed by atoms with Crippen LogP contribution in [0.5, 0.6) is 11.5 Å². The lowest BCUT2D eigenvalue weighted by atomic mass is 10.1. The highest BCUT2D eigenvalue weighted by Crippen LogP contribution is 2.37. The fraction of sp³-hybridized carbons (Fsp3) is 0.333. The summed E-state index contributed by atoms with van der Waals surface area (Å²) in [5.41, 5.74) is 1.91. The van der Waals surface area contributed by atoms with E-state index in [0.717, 1.165) is 28.6 Å². The van der Waals surface area contributed by atoms with Gasteiger partial charge in [0.1, 0.15) is 12.6 Å². The van der Waals surface area contributed by atoms with Gasteiger partial charge in [0.05, 0.1) is 25.8 Å². The van der Waals surface area contributed by atoms with Gasteiger partial charge in [0.2, 0.25) is 0 Å². The highest BCUT2D eigenvalue weighted by atomic mass is 79.9. The Balaban J connectivity index is 1.88. The Hall–Kier alpha value is -1.27. The SMILES string of the molecule is COc1ccc(CC[NH2+]C[C@H](O)c2cccc(Br)c2)c(Cl)c1OC. The van der Waals surface area contributed by atoms with Crippen LogP contribution in [-0.4, -0.2) is 32.4 Å². The third-order valence-electron chi connectivity index (χ3n) is 3.81. The summed E-state index contributed by atoms with van der Waals surface area (Å²) in [5.74, 6) is 1.19. The van der Waals surface area contributed by atoms with Crippen molar-refractivity contribution < 1.29 is 19.9 Å². The van der Waals surface area contributed by atoms with E-state index in [-0.39, 0.29) is 0 Å². The molecule has 3 N–H and O–H groups in total. The summed E-state index contributed by atoms with van der Waals surface area (Å²) < 4.78 is 11.5. The number of quaternary nitrogens is 1. The highest BCUT2D eigenvalue weighted by Gasteiger charge is 2.14. The number of aliphatic hydroxyl groups is 1. The van der Waals surface area contributed by atoms with Crippen LogP contribution in [-0.2, 0) is 6.42 Å². The van der Waals surface area contributed by atoms with Gasteiger partial charge >= 0.3 is 0 Å². The third kappa shape index (κ3) is 4.86. The van der Waals surface area contributed by atoms with Crippen molar-refractivity contribution in [3.05, 3.63) is 57.0 Å². The number of hydrogen-bond donors (Lipinski definition) is 2. The van der Waals surface area contributed by atoms with Gasteiger partial charge in [-0.3, -0.25) is 0 Å². The molecular formula is C18H22BrClNO3+. The molecule has 6 heteroatoms. The Labute approximate surface area is 155 Å². The molecule has 0 aliphatic heterocycles. The van der Waals surface area contributed by atoms with Crippen LogP contribution in [0.25, 0.3) is 0 Å². The van der Waals surface area contributed by atoms with Crippen LogP contribution in [0.4, 0.5) is 0 Å². The van der Waals surface area contributed by atoms with Gasteiger partial charge in [-0.15, -0.1) is 0 Å². The molecule has 0 saturated heterocycles. The summed E-state index contributed by atoms with van der Waals surface area (Å²) in [7, 11) is 3.17. The van der Waals surface area contributed by atoms with Crippen molar-refractivity contribution in [1.29, 1.82) is 0 Å². The average Bonchev–Trinajstić information content (AvgIpc) is 2.59. The molecule has 0 amide bonds. The highest BCUT2D eigenvalue weighted by molar-refractivity contribution is 9.10. The van der Waals surface area contributed by atoms with Gasteiger partial charge in [0, 0.05) is 10.9 Å². The second-order valence-corrected chi connectivity index (χ2v) is 6.70. The molecule has 0 bridgehead atoms. The minimum absolute atomic E-state index is 0.497. The molecule has 0 radical (unpaired) electrons. The second-order valence-electron chi connectivity index (χ2n) is 5.41. The molecule has 2 rings (SSSR count). The van der Waals surface area contributed by atoms with Crippen molar-refractivity contribution in [3.63, 3.8) is 0 Å². The second kappa shape index (κ2) is 9.28. The van der Waals surface area contributed by atoms with Crippen molar-refractivity contribution in [3.8, 4) is 11.5 Å². The van der Waals surface area contributed by atoms with Crippen LogP contribution in [0, 0.1) is 0 Å². The molecule has 130 valence electrons. The Morgan fingerprint density at radius 1 is 1.21 bits per heavy atom. The smallest absolute Gasteiger partial charge is 0.179 e. The molecule has 0 heterocycles. The summed E-state index contributed by atoms with van der Waals surface area (Å²) in [5, 5.41) is 12.9. The predicted octanol–water partition coefficient (Wildman–Crippen LogP) is 2.96. The van der Waals surface area contributed by atoms with Gasteiger partial charge in [-0.1, -0.05) is 45.7 Å². The first-order valence-electron chi connectivity index (χ1n) is 7.71. The lowest BCUT2D eigenvalue weighted by molar-refractivity contribution is -0.661. The van der Waals surface area contributed by atoms with E-state index < -0.39 is 6.10 Å². The van der Waals surface area contributed by atoms with E-state index in [2.05, 4.69) is 21.2 Å². The van der Waals surface area contributed by atoms with E-state index >= 15 is 0 Å². The Morgan fingerprint density at radius 3 is 2.67 bits per heavy atom. The Morgan fingerprint density at radius 2 is 2.00 bits per heavy atom. The fourth-order valence-electron chi connectivity index (χ4n) is 2.51. The van der Waals surface area contributed by atoms with E-state index in [1.54, 1.807) is 14.2 Å². The van der Waals surface area contributed by atoms with Gasteiger partial charge in [-0.2, -0.15) is 0 Å². The zero-order valence-electron chi connectivity index (χ0n) is 13.8. The quantitative estimate of drug-likeness (QED) is 0.652. The largest absolute Gasteiger partial charge is 0.493 e. The molecule has 0 spiro atoms. The summed E-state index contributed by atoms with van der Waals surface area (Å²) in [6.07, 6.45) is 0.285. The number of aliphatic hydroxyl groups excluding tert-OH is 1. The average molecular weight is 416 g/mol. The van der Waals surface area contributed by atoms with Crippen molar-refractivity contribution in [2.24, 2.45) is 0 Å². The molecule has 4 nitrogen and oxygen atoms in total. The lowest BCUT2D eigenvalue weighted by Crippen LogP contribution is -2.85. The number of halogens is 2. The van der Waals surface area contributed by atoms with Crippen molar-refractivity contribution in [2.45, 2.75) is 12.5 Å². The van der Waals surface area contributed by atoms with E-state index in [1.807, 2.05) is 36.4 Å². The monoisotopic (exact) mass is 414 g/mol. The molecule has 0 saturated carbocycles. The summed E-state index contributed by atoms with van der Waals surface area (Å²) in [6, 6.07) is 11.5. The molecule has 1 atom stereocenters. The van der Waals surface area contributed by atoms with Gasteiger partial charge in [0.15, 0.2) is 11.5 Å². The molecule has 2 aromatic rings. The number of nitrogens with two attached hydrogens (primary N) is 1. The number of benzene rings is 2. The first-order chi connectivity index (χ1) is 11.6. The van der Waals surface area contributed by atoms with E-state index in [4.69, 9.17) is 21.1 Å². The number of ether oxygens (including phenoxy) is 2. The molecule has 0 unspecified atom stereocenters. The minimum Gasteiger partial charge on any atom is -0.493 e. The van der Waals surface area contributed by atoms with Gasteiger partial charge < -0.3 is 19.9 Å². The molecule has 0 aromatic heterocycles. The summed E-state index contributed by atoms with van der Waals surface area (Å²) >= 11 is 9.79. The third-order valence-corrected chi connectivity index (χ3v) is 4.71. The summed E-state index contributed by atoms with van der Waals surface area (Å²) in [4.78, 5) is 0. The molecule has 2 aromatic carbocycles. The molecule has 0 aliphatic rings. The standard InChI is InChI=1S/C18H21BrClNO3/c1-23-16-7-6-12(17(20)18(16)24-2)8-9-21-11-15(22)13-4-3-5-14(19)10-13/h3-7,10,15,21-22H,8-9,11H2,1-2H3/p+1/t15-/m0/s1. The topological polar surface area (TPSA) is 55.3 Å². The maximum Gasteiger partial charge on any atom is 0.179 e. The molecular weight excluding hydrogens is 394 g/mol. The first-order valence-corrected chi connectivity index (χ1v) is 8.88. The van der Waals surface area contributed by atoms with Crippen LogP contribution in [0.15, 0.2) is 40.9 Å². The first kappa shape index (κ1) is 19.1. The van der Waals surface area contributed by atoms with Crippen molar-refractivity contribution >= 4 is 27.5 Å². The normalized spacial score (nSPS) is 12.0. The van der Waals surface area contributed by atoms with E-state index in [9.17, 15) is 5.11 Å². The lowest BCUT2D eigenvalue weighted by Gasteiger charge is -2.13. The summed E-state index contributed by atoms with van der Waals surface area (Å²) in [6.45, 7) is 1.42. The van der Waals surface area contributed by atoms with Gasteiger partial charge in [-0.05, 0) is 29.3 Å². The van der Waals surface area contributed by atoms with Crippen LogP contribution in [0.1, 0.15) is 17.2 Å². The van der Waals surface area contributed by atoms with Gasteiger partial charge in [0.25, 0.3) is 0 Å². The van der Waals surface area contributed by atoms with E-state index in [1.165, 1.54) is 0 Å². The van der Waals surface area contributed by atoms with Crippen molar-refractivity contribution in [1.82, 2.24) is 0 Å². The zero-order valence-corrected chi connectivity index (χ0v) is 16.1. The Kier molecular flexibility index (Phi) is 7.37.